The third-order valence-corrected chi connectivity index (χ3v) is 22.3. The predicted octanol–water partition coefficient (Wildman–Crippen LogP) is -0.821. The number of amides is 6. The molecule has 6 amide bonds. The molecule has 0 bridgehead atoms. The monoisotopic (exact) mass is 1440 g/mol. The number of aromatic nitrogens is 1. The molecule has 0 radical (unpaired) electrons. The quantitative estimate of drug-likeness (QED) is 0.0111. The Morgan fingerprint density at radius 1 is 0.800 bits per heavy atom. The van der Waals surface area contributed by atoms with E-state index in [1.54, 1.807) is 18.0 Å². The molecule has 1 saturated carbocycles. The number of aliphatic carboxylic acids is 4. The van der Waals surface area contributed by atoms with Gasteiger partial charge in [-0.2, -0.15) is 0 Å². The largest absolute Gasteiger partial charge is 0.496 e. The normalized spacial score (nSPS) is 22.9. The Morgan fingerprint density at radius 2 is 1.41 bits per heavy atom. The fourth-order valence-electron chi connectivity index (χ4n) is 15.3. The van der Waals surface area contributed by atoms with E-state index in [1.807, 2.05) is 80.8 Å². The molecule has 0 unspecified atom stereocenters. The summed E-state index contributed by atoms with van der Waals surface area (Å²) in [5, 5.41) is 85.3. The van der Waals surface area contributed by atoms with Crippen LogP contribution in [0.3, 0.4) is 0 Å². The van der Waals surface area contributed by atoms with E-state index in [2.05, 4.69) is 31.4 Å². The predicted molar refractivity (Wildman–Crippen MR) is 364 cm³/mol. The highest BCUT2D eigenvalue weighted by atomic mass is 33.1. The van der Waals surface area contributed by atoms with Crippen molar-refractivity contribution in [1.29, 1.82) is 0 Å². The van der Waals surface area contributed by atoms with Crippen LogP contribution >= 0.6 is 21.6 Å². The van der Waals surface area contributed by atoms with Gasteiger partial charge in [-0.25, -0.2) is 15.0 Å². The van der Waals surface area contributed by atoms with Crippen molar-refractivity contribution in [3.63, 3.8) is 0 Å². The summed E-state index contributed by atoms with van der Waals surface area (Å²) in [7, 11) is 6.39. The number of carbonyl (C=O) groups is 11. The van der Waals surface area contributed by atoms with Crippen LogP contribution in [0.2, 0.25) is 0 Å². The van der Waals surface area contributed by atoms with Crippen molar-refractivity contribution in [3.05, 3.63) is 70.9 Å². The standard InChI is InChI=1S/C65H92N12O21S2/c1-8-61(94,9-2)29-33(4)30-64(59(92)97-7,49-35(16-19-66)34-14-11-12-15-39(34)69-49)37-24-36-44(28-45(37)96-6)76(5)56-63(36)18-21-77-20-13-17-62(10-3,55(63)77)57(90)65(56,95)58(91)74-75-60(93)98-22-23-99-100-32-43(54(88)89)73-53(87)42(31-67)72-52(86)41(27-48(82)83)71-51(85)40(26-47(80)81)70-50(84)38(68)25-46(78)79/h11-15,17,24,28,33,38,40-43,55-57,69,90,94-95H,8-10,16,18-23,25-27,29-32,66-68H2,1-7H3,(H,70,84)(H,71,85)(H,72,86)(H,73,87)(H,74,91)(H,75,93)(H,78,79)(H,80,81)(H,82,83)(H,88,89)/t33-,38-,40+,41+,42+,43+,55+,56-,57-,62-,63-,64-,65+/m1/s1. The molecule has 7 rings (SSSR count). The van der Waals surface area contributed by atoms with Crippen LogP contribution in [0.4, 0.5) is 10.5 Å². The van der Waals surface area contributed by atoms with E-state index in [1.165, 1.54) is 14.2 Å². The molecule has 3 aromatic rings. The number of ether oxygens (including phenoxy) is 3. The number of para-hydroxylation sites is 1. The minimum atomic E-state index is -2.72. The second kappa shape index (κ2) is 33.0. The van der Waals surface area contributed by atoms with Gasteiger partial charge in [-0.05, 0) is 87.2 Å². The fraction of sp³-hybridized carbons (Fsp3) is 0.585. The number of aliphatic hydroxyl groups excluding tert-OH is 1. The molecule has 20 N–H and O–H groups in total. The Morgan fingerprint density at radius 3 is 1.99 bits per heavy atom. The van der Waals surface area contributed by atoms with Crippen LogP contribution in [-0.4, -0.2) is 236 Å². The number of nitrogens with one attached hydrogen (secondary N) is 7. The van der Waals surface area contributed by atoms with Gasteiger partial charge in [0.2, 0.25) is 23.6 Å². The maximum Gasteiger partial charge on any atom is 0.426 e. The van der Waals surface area contributed by atoms with Crippen molar-refractivity contribution in [2.45, 2.75) is 162 Å². The first-order valence-corrected chi connectivity index (χ1v) is 35.2. The van der Waals surface area contributed by atoms with Gasteiger partial charge in [0, 0.05) is 82.4 Å². The Bertz CT molecular complexity index is 3620. The van der Waals surface area contributed by atoms with Crippen LogP contribution in [0.5, 0.6) is 5.75 Å². The number of carbonyl (C=O) groups excluding carboxylic acids is 7. The molecule has 33 nitrogen and oxygen atoms in total. The van der Waals surface area contributed by atoms with Crippen LogP contribution in [-0.2, 0) is 74.7 Å². The summed E-state index contributed by atoms with van der Waals surface area (Å²) in [5.41, 5.74) is 17.8. The van der Waals surface area contributed by atoms with Gasteiger partial charge in [0.25, 0.3) is 5.91 Å². The molecule has 1 aromatic heterocycles. The number of carboxylic acid groups (broad SMARTS) is 4. The number of aliphatic hydroxyl groups is 3. The number of anilines is 1. The van der Waals surface area contributed by atoms with E-state index < -0.39 is 167 Å². The van der Waals surface area contributed by atoms with E-state index in [0.717, 1.165) is 38.1 Å². The molecule has 550 valence electrons. The molecule has 2 fully saturated rings. The first-order chi connectivity index (χ1) is 47.3. The SMILES string of the molecule is CCC(O)(CC)C[C@@H](C)C[C@@](C(=O)OC)(c1cc2c(cc1OC)N(C)[C@H]1[C@@](O)(C(=O)NNC(=O)OCCSSC[C@H](NC(=O)[C@H](CN)NC(=O)[C@H](CC(=O)O)NC(=O)[C@H](CC(=O)O)NC(=O)[C@H](N)CC(=O)O)C(=O)O)[C@H](O)[C@]3(CC)C=CCN4CC[C@]21[C@@H]43)c1[nH]c2ccccc2c1CCN. The summed E-state index contributed by atoms with van der Waals surface area (Å²) in [6.07, 6.45) is -0.142. The van der Waals surface area contributed by atoms with Gasteiger partial charge in [-0.1, -0.05) is 79.6 Å². The number of hydrogen-bond donors (Lipinski definition) is 17. The van der Waals surface area contributed by atoms with E-state index in [-0.39, 0.29) is 49.2 Å². The number of hydrazine groups is 1. The number of fused-ring (bicyclic) bond motifs is 2. The number of methoxy groups -OCH3 is 2. The first kappa shape index (κ1) is 79.0. The molecule has 4 aliphatic rings. The maximum atomic E-state index is 15.6. The fourth-order valence-corrected chi connectivity index (χ4v) is 17.3. The molecule has 1 spiro atoms. The average Bonchev–Trinajstić information content (AvgIpc) is 1.46. The highest BCUT2D eigenvalue weighted by molar-refractivity contribution is 8.76. The topological polar surface area (TPSA) is 530 Å². The van der Waals surface area contributed by atoms with Gasteiger partial charge in [-0.15, -0.1) is 0 Å². The zero-order valence-electron chi connectivity index (χ0n) is 56.6. The van der Waals surface area contributed by atoms with Crippen LogP contribution < -0.4 is 59.0 Å². The van der Waals surface area contributed by atoms with E-state index in [0.29, 0.717) is 67.7 Å². The molecule has 2 aromatic carbocycles. The van der Waals surface area contributed by atoms with Gasteiger partial charge in [-0.3, -0.25) is 53.5 Å². The number of nitrogens with two attached hydrogens (primary N) is 3. The lowest BCUT2D eigenvalue weighted by Crippen LogP contribution is -2.82. The van der Waals surface area contributed by atoms with Crippen molar-refractivity contribution >= 4 is 104 Å². The summed E-state index contributed by atoms with van der Waals surface area (Å²) in [4.78, 5) is 151. The van der Waals surface area contributed by atoms with Gasteiger partial charge in [0.1, 0.15) is 48.0 Å². The number of aromatic amines is 1. The van der Waals surface area contributed by atoms with E-state index >= 15 is 9.59 Å². The number of likely N-dealkylation sites (N-methyl/N-ethyl adjacent to an activating group) is 1. The third kappa shape index (κ3) is 15.8. The second-order valence-corrected chi connectivity index (χ2v) is 28.4. The highest BCUT2D eigenvalue weighted by Crippen LogP contribution is 2.67. The average molecular weight is 1440 g/mol. The van der Waals surface area contributed by atoms with Gasteiger partial charge >= 0.3 is 35.9 Å². The van der Waals surface area contributed by atoms with Crippen molar-refractivity contribution in [1.82, 2.24) is 42.0 Å². The molecule has 35 heteroatoms. The maximum absolute atomic E-state index is 15.6. The van der Waals surface area contributed by atoms with Crippen LogP contribution in [0.15, 0.2) is 48.6 Å². The zero-order chi connectivity index (χ0) is 74.0. The Kier molecular flexibility index (Phi) is 26.1. The van der Waals surface area contributed by atoms with Crippen molar-refractivity contribution in [2.24, 2.45) is 28.5 Å². The molecule has 13 atom stereocenters. The lowest BCUT2D eigenvalue weighted by molar-refractivity contribution is -0.204. The number of benzene rings is 2. The number of carboxylic acids is 4. The van der Waals surface area contributed by atoms with Crippen molar-refractivity contribution in [2.75, 3.05) is 70.5 Å². The van der Waals surface area contributed by atoms with Gasteiger partial charge in [0.05, 0.1) is 51.2 Å². The molecule has 100 heavy (non-hydrogen) atoms. The second-order valence-electron chi connectivity index (χ2n) is 25.8. The lowest BCUT2D eigenvalue weighted by atomic mass is 9.47. The number of H-pyrrole nitrogens is 1. The Labute approximate surface area is 583 Å². The number of esters is 1. The summed E-state index contributed by atoms with van der Waals surface area (Å²) < 4.78 is 17.6. The first-order valence-electron chi connectivity index (χ1n) is 32.7. The van der Waals surface area contributed by atoms with E-state index in [9.17, 15) is 73.8 Å². The van der Waals surface area contributed by atoms with Crippen LogP contribution in [0.1, 0.15) is 108 Å². The smallest absolute Gasteiger partial charge is 0.426 e. The third-order valence-electron chi connectivity index (χ3n) is 19.9. The minimum absolute atomic E-state index is 0.00784. The molecular weight excluding hydrogens is 1350 g/mol. The summed E-state index contributed by atoms with van der Waals surface area (Å²) in [6.45, 7) is 7.80. The van der Waals surface area contributed by atoms with Crippen molar-refractivity contribution < 1.29 is 103 Å². The number of nitrogens with zero attached hydrogens (tertiary/aromatic N) is 2. The molecule has 1 saturated heterocycles. The van der Waals surface area contributed by atoms with Crippen LogP contribution in [0.25, 0.3) is 10.9 Å². The number of rotatable bonds is 36. The van der Waals surface area contributed by atoms with Crippen LogP contribution in [0, 0.1) is 11.3 Å². The van der Waals surface area contributed by atoms with Gasteiger partial charge < -0.3 is 98.3 Å². The number of hydrogen-bond acceptors (Lipinski definition) is 24. The van der Waals surface area contributed by atoms with Gasteiger partial charge in [0.15, 0.2) is 5.60 Å². The minimum Gasteiger partial charge on any atom is -0.496 e. The van der Waals surface area contributed by atoms with Crippen molar-refractivity contribution in [3.8, 4) is 5.75 Å². The highest BCUT2D eigenvalue weighted by Gasteiger charge is 2.79. The summed E-state index contributed by atoms with van der Waals surface area (Å²) >= 11 is 0. The lowest BCUT2D eigenvalue weighted by Gasteiger charge is -2.63. The molecule has 4 heterocycles. The summed E-state index contributed by atoms with van der Waals surface area (Å²) in [6, 6.07) is 0.389. The Hall–Kier alpha value is -8.29. The zero-order valence-corrected chi connectivity index (χ0v) is 58.3. The molecule has 3 aliphatic heterocycles. The molecular formula is C65H92N12O21S2. The Balaban J connectivity index is 1.07. The summed E-state index contributed by atoms with van der Waals surface area (Å²) in [5.74, 6) is -13.8. The molecule has 1 aliphatic carbocycles. The van der Waals surface area contributed by atoms with E-state index in [4.69, 9.17) is 36.5 Å².